The predicted molar refractivity (Wildman–Crippen MR) is 85.7 cm³/mol. The molecule has 0 spiro atoms. The standard InChI is InChI=1S/C15H22BrN3O/c1-2-18-10-11-3-4-14(13(16)9-11)19-7-5-12(6-8-19)15(17)20/h3-4,9,12,18H,2,5-8,10H2,1H3,(H2,17,20). The minimum atomic E-state index is -0.162. The lowest BCUT2D eigenvalue weighted by atomic mass is 9.96. The zero-order chi connectivity index (χ0) is 14.5. The van der Waals surface area contributed by atoms with Gasteiger partial charge in [-0.1, -0.05) is 13.0 Å². The van der Waals surface area contributed by atoms with E-state index in [0.29, 0.717) is 0 Å². The lowest BCUT2D eigenvalue weighted by Gasteiger charge is -2.33. The number of hydrogen-bond donors (Lipinski definition) is 2. The number of rotatable bonds is 5. The molecule has 1 heterocycles. The highest BCUT2D eigenvalue weighted by atomic mass is 79.9. The zero-order valence-electron chi connectivity index (χ0n) is 11.9. The van der Waals surface area contributed by atoms with Crippen LogP contribution in [0.4, 0.5) is 5.69 Å². The molecule has 1 aromatic rings. The summed E-state index contributed by atoms with van der Waals surface area (Å²) in [6.45, 7) is 5.74. The quantitative estimate of drug-likeness (QED) is 0.864. The van der Waals surface area contributed by atoms with E-state index < -0.39 is 0 Å². The monoisotopic (exact) mass is 339 g/mol. The van der Waals surface area contributed by atoms with Crippen LogP contribution >= 0.6 is 15.9 Å². The number of hydrogen-bond acceptors (Lipinski definition) is 3. The maximum Gasteiger partial charge on any atom is 0.220 e. The summed E-state index contributed by atoms with van der Waals surface area (Å²) < 4.78 is 1.12. The largest absolute Gasteiger partial charge is 0.371 e. The number of nitrogens with two attached hydrogens (primary N) is 1. The van der Waals surface area contributed by atoms with Gasteiger partial charge in [-0.2, -0.15) is 0 Å². The van der Waals surface area contributed by atoms with E-state index in [1.807, 2.05) is 0 Å². The Kier molecular flexibility index (Phi) is 5.43. The molecule has 1 aliphatic rings. The van der Waals surface area contributed by atoms with Crippen LogP contribution in [-0.2, 0) is 11.3 Å². The molecule has 0 bridgehead atoms. The summed E-state index contributed by atoms with van der Waals surface area (Å²) in [6.07, 6.45) is 1.70. The second-order valence-electron chi connectivity index (χ2n) is 5.23. The summed E-state index contributed by atoms with van der Waals surface area (Å²) in [6, 6.07) is 6.47. The maximum absolute atomic E-state index is 11.2. The van der Waals surface area contributed by atoms with E-state index in [1.165, 1.54) is 11.3 Å². The zero-order valence-corrected chi connectivity index (χ0v) is 13.4. The van der Waals surface area contributed by atoms with Gasteiger partial charge in [0.05, 0.1) is 5.69 Å². The van der Waals surface area contributed by atoms with Crippen molar-refractivity contribution in [2.75, 3.05) is 24.5 Å². The van der Waals surface area contributed by atoms with E-state index >= 15 is 0 Å². The highest BCUT2D eigenvalue weighted by molar-refractivity contribution is 9.10. The number of piperidine rings is 1. The number of nitrogens with one attached hydrogen (secondary N) is 1. The second kappa shape index (κ2) is 7.09. The van der Waals surface area contributed by atoms with Crippen molar-refractivity contribution in [2.24, 2.45) is 11.7 Å². The topological polar surface area (TPSA) is 58.4 Å². The molecule has 4 nitrogen and oxygen atoms in total. The molecule has 0 radical (unpaired) electrons. The number of carbonyl (C=O) groups excluding carboxylic acids is 1. The van der Waals surface area contributed by atoms with Gasteiger partial charge < -0.3 is 16.0 Å². The minimum absolute atomic E-state index is 0.0399. The van der Waals surface area contributed by atoms with Gasteiger partial charge in [0.25, 0.3) is 0 Å². The summed E-state index contributed by atoms with van der Waals surface area (Å²) in [4.78, 5) is 13.5. The van der Waals surface area contributed by atoms with Crippen LogP contribution in [-0.4, -0.2) is 25.5 Å². The lowest BCUT2D eigenvalue weighted by molar-refractivity contribution is -0.122. The molecule has 1 saturated heterocycles. The van der Waals surface area contributed by atoms with E-state index in [4.69, 9.17) is 5.73 Å². The van der Waals surface area contributed by atoms with Crippen LogP contribution in [0.15, 0.2) is 22.7 Å². The molecule has 2 rings (SSSR count). The van der Waals surface area contributed by atoms with Gasteiger partial charge in [0.1, 0.15) is 0 Å². The van der Waals surface area contributed by atoms with E-state index in [2.05, 4.69) is 51.3 Å². The minimum Gasteiger partial charge on any atom is -0.371 e. The Labute approximate surface area is 128 Å². The van der Waals surface area contributed by atoms with Crippen LogP contribution < -0.4 is 16.0 Å². The first-order valence-electron chi connectivity index (χ1n) is 7.15. The summed E-state index contributed by atoms with van der Waals surface area (Å²) in [7, 11) is 0. The highest BCUT2D eigenvalue weighted by Crippen LogP contribution is 2.30. The van der Waals surface area contributed by atoms with Crippen molar-refractivity contribution in [3.8, 4) is 0 Å². The molecule has 0 saturated carbocycles. The van der Waals surface area contributed by atoms with Gasteiger partial charge in [-0.25, -0.2) is 0 Å². The van der Waals surface area contributed by atoms with Gasteiger partial charge >= 0.3 is 0 Å². The van der Waals surface area contributed by atoms with Crippen LogP contribution in [0.1, 0.15) is 25.3 Å². The van der Waals surface area contributed by atoms with Gasteiger partial charge in [0, 0.05) is 30.0 Å². The number of nitrogens with zero attached hydrogens (tertiary/aromatic N) is 1. The smallest absolute Gasteiger partial charge is 0.220 e. The van der Waals surface area contributed by atoms with Gasteiger partial charge in [-0.05, 0) is 53.0 Å². The van der Waals surface area contributed by atoms with Crippen molar-refractivity contribution in [1.82, 2.24) is 5.32 Å². The summed E-state index contributed by atoms with van der Waals surface area (Å²) in [5, 5.41) is 3.32. The maximum atomic E-state index is 11.2. The highest BCUT2D eigenvalue weighted by Gasteiger charge is 2.24. The van der Waals surface area contributed by atoms with Crippen molar-refractivity contribution in [1.29, 1.82) is 0 Å². The third-order valence-corrected chi connectivity index (χ3v) is 4.46. The van der Waals surface area contributed by atoms with Crippen molar-refractivity contribution >= 4 is 27.5 Å². The first kappa shape index (κ1) is 15.3. The number of carbonyl (C=O) groups is 1. The molecule has 1 fully saturated rings. The average Bonchev–Trinajstić information content (AvgIpc) is 2.45. The van der Waals surface area contributed by atoms with Crippen molar-refractivity contribution < 1.29 is 4.79 Å². The van der Waals surface area contributed by atoms with E-state index in [0.717, 1.165) is 43.5 Å². The normalized spacial score (nSPS) is 16.4. The fraction of sp³-hybridized carbons (Fsp3) is 0.533. The number of benzene rings is 1. The van der Waals surface area contributed by atoms with Gasteiger partial charge in [-0.3, -0.25) is 4.79 Å². The van der Waals surface area contributed by atoms with Crippen LogP contribution in [0.25, 0.3) is 0 Å². The van der Waals surface area contributed by atoms with Crippen molar-refractivity contribution in [2.45, 2.75) is 26.3 Å². The molecule has 110 valence electrons. The Bertz CT molecular complexity index is 470. The Morgan fingerprint density at radius 2 is 2.15 bits per heavy atom. The van der Waals surface area contributed by atoms with Gasteiger partial charge in [-0.15, -0.1) is 0 Å². The van der Waals surface area contributed by atoms with Crippen LogP contribution in [0.3, 0.4) is 0 Å². The fourth-order valence-corrected chi connectivity index (χ4v) is 3.27. The number of anilines is 1. The summed E-state index contributed by atoms with van der Waals surface area (Å²) >= 11 is 3.66. The van der Waals surface area contributed by atoms with Crippen LogP contribution in [0.5, 0.6) is 0 Å². The Morgan fingerprint density at radius 3 is 2.70 bits per heavy atom. The molecule has 0 unspecified atom stereocenters. The summed E-state index contributed by atoms with van der Waals surface area (Å²) in [5.74, 6) is -0.122. The van der Waals surface area contributed by atoms with Crippen LogP contribution in [0, 0.1) is 5.92 Å². The fourth-order valence-electron chi connectivity index (χ4n) is 2.59. The Morgan fingerprint density at radius 1 is 1.45 bits per heavy atom. The third kappa shape index (κ3) is 3.73. The van der Waals surface area contributed by atoms with Gasteiger partial charge in [0.2, 0.25) is 5.91 Å². The molecule has 0 atom stereocenters. The van der Waals surface area contributed by atoms with Crippen molar-refractivity contribution in [3.63, 3.8) is 0 Å². The van der Waals surface area contributed by atoms with Crippen molar-refractivity contribution in [3.05, 3.63) is 28.2 Å². The molecular weight excluding hydrogens is 318 g/mol. The Hall–Kier alpha value is -1.07. The molecule has 1 aliphatic heterocycles. The molecule has 0 aromatic heterocycles. The molecular formula is C15H22BrN3O. The lowest BCUT2D eigenvalue weighted by Crippen LogP contribution is -2.38. The van der Waals surface area contributed by atoms with Gasteiger partial charge in [0.15, 0.2) is 0 Å². The molecule has 20 heavy (non-hydrogen) atoms. The van der Waals surface area contributed by atoms with E-state index in [9.17, 15) is 4.79 Å². The second-order valence-corrected chi connectivity index (χ2v) is 6.08. The van der Waals surface area contributed by atoms with E-state index in [-0.39, 0.29) is 11.8 Å². The molecule has 3 N–H and O–H groups in total. The van der Waals surface area contributed by atoms with E-state index in [1.54, 1.807) is 0 Å². The first-order chi connectivity index (χ1) is 9.61. The molecule has 0 aliphatic carbocycles. The average molecular weight is 340 g/mol. The SMILES string of the molecule is CCNCc1ccc(N2CCC(C(N)=O)CC2)c(Br)c1. The molecule has 1 amide bonds. The molecule has 5 heteroatoms. The molecule has 1 aromatic carbocycles. The predicted octanol–water partition coefficient (Wildman–Crippen LogP) is 2.26. The third-order valence-electron chi connectivity index (χ3n) is 3.83. The number of amides is 1. The van der Waals surface area contributed by atoms with Crippen LogP contribution in [0.2, 0.25) is 0 Å². The number of halogens is 1. The number of primary amides is 1. The Balaban J connectivity index is 2.01. The first-order valence-corrected chi connectivity index (χ1v) is 7.94. The summed E-state index contributed by atoms with van der Waals surface area (Å²) in [5.41, 5.74) is 7.85.